The van der Waals surface area contributed by atoms with E-state index in [0.29, 0.717) is 12.8 Å². The molecular weight excluding hydrogens is 186 g/mol. The van der Waals surface area contributed by atoms with Gasteiger partial charge in [-0.2, -0.15) is 0 Å². The Morgan fingerprint density at radius 3 is 2.60 bits per heavy atom. The van der Waals surface area contributed by atoms with E-state index in [1.165, 1.54) is 5.56 Å². The van der Waals surface area contributed by atoms with Gasteiger partial charge in [0.1, 0.15) is 0 Å². The van der Waals surface area contributed by atoms with E-state index in [4.69, 9.17) is 12.2 Å². The number of ketones is 1. The number of nitrogens with two attached hydrogens (primary N) is 1. The highest BCUT2D eigenvalue weighted by molar-refractivity contribution is 5.86. The topological polar surface area (TPSA) is 43.1 Å². The second-order valence-corrected chi connectivity index (χ2v) is 3.64. The SMILES string of the molecule is C#CCC(N)C(=O)Cc1ccc(C)cc1. The van der Waals surface area contributed by atoms with Crippen LogP contribution in [0.5, 0.6) is 0 Å². The van der Waals surface area contributed by atoms with Crippen LogP contribution in [0.15, 0.2) is 24.3 Å². The number of hydrogen-bond acceptors (Lipinski definition) is 2. The van der Waals surface area contributed by atoms with Crippen LogP contribution in [0, 0.1) is 19.3 Å². The van der Waals surface area contributed by atoms with Gasteiger partial charge in [0.15, 0.2) is 5.78 Å². The van der Waals surface area contributed by atoms with Crippen molar-refractivity contribution in [1.82, 2.24) is 0 Å². The zero-order chi connectivity index (χ0) is 11.3. The Kier molecular flexibility index (Phi) is 4.08. The van der Waals surface area contributed by atoms with Crippen LogP contribution in [0.3, 0.4) is 0 Å². The van der Waals surface area contributed by atoms with Gasteiger partial charge in [0.25, 0.3) is 0 Å². The number of rotatable bonds is 4. The van der Waals surface area contributed by atoms with Crippen LogP contribution in [0.2, 0.25) is 0 Å². The normalized spacial score (nSPS) is 11.8. The predicted molar refractivity (Wildman–Crippen MR) is 61.3 cm³/mol. The quantitative estimate of drug-likeness (QED) is 0.749. The van der Waals surface area contributed by atoms with Crippen molar-refractivity contribution in [2.75, 3.05) is 0 Å². The van der Waals surface area contributed by atoms with Gasteiger partial charge in [-0.25, -0.2) is 0 Å². The Morgan fingerprint density at radius 2 is 2.07 bits per heavy atom. The fraction of sp³-hybridized carbons (Fsp3) is 0.308. The lowest BCUT2D eigenvalue weighted by molar-refractivity contribution is -0.119. The van der Waals surface area contributed by atoms with Crippen molar-refractivity contribution in [2.24, 2.45) is 5.73 Å². The van der Waals surface area contributed by atoms with Gasteiger partial charge in [0.2, 0.25) is 0 Å². The monoisotopic (exact) mass is 201 g/mol. The second kappa shape index (κ2) is 5.33. The molecule has 0 heterocycles. The fourth-order valence-electron chi connectivity index (χ4n) is 1.28. The van der Waals surface area contributed by atoms with Crippen LogP contribution < -0.4 is 5.73 Å². The van der Waals surface area contributed by atoms with E-state index in [1.54, 1.807) is 0 Å². The zero-order valence-electron chi connectivity index (χ0n) is 8.86. The Labute approximate surface area is 90.5 Å². The van der Waals surface area contributed by atoms with E-state index < -0.39 is 6.04 Å². The Morgan fingerprint density at radius 1 is 1.47 bits per heavy atom. The summed E-state index contributed by atoms with van der Waals surface area (Å²) in [4.78, 5) is 11.6. The highest BCUT2D eigenvalue weighted by atomic mass is 16.1. The molecule has 0 aliphatic heterocycles. The highest BCUT2D eigenvalue weighted by Gasteiger charge is 2.12. The summed E-state index contributed by atoms with van der Waals surface area (Å²) in [5, 5.41) is 0. The first-order valence-corrected chi connectivity index (χ1v) is 4.91. The standard InChI is InChI=1S/C13H15NO/c1-3-4-12(14)13(15)9-11-7-5-10(2)6-8-11/h1,5-8,12H,4,9,14H2,2H3. The number of carbonyl (C=O) groups is 1. The van der Waals surface area contributed by atoms with Crippen LogP contribution in [0.1, 0.15) is 17.5 Å². The van der Waals surface area contributed by atoms with Crippen LogP contribution in [-0.4, -0.2) is 11.8 Å². The molecule has 0 saturated carbocycles. The van der Waals surface area contributed by atoms with Crippen LogP contribution in [-0.2, 0) is 11.2 Å². The van der Waals surface area contributed by atoms with E-state index in [1.807, 2.05) is 31.2 Å². The highest BCUT2D eigenvalue weighted by Crippen LogP contribution is 2.05. The third-order valence-electron chi connectivity index (χ3n) is 2.25. The van der Waals surface area contributed by atoms with Crippen LogP contribution in [0.25, 0.3) is 0 Å². The summed E-state index contributed by atoms with van der Waals surface area (Å²) in [6.45, 7) is 2.01. The van der Waals surface area contributed by atoms with Gasteiger partial charge < -0.3 is 5.73 Å². The van der Waals surface area contributed by atoms with Crippen LogP contribution in [0.4, 0.5) is 0 Å². The number of aryl methyl sites for hydroxylation is 1. The first-order valence-electron chi connectivity index (χ1n) is 4.91. The molecule has 0 bridgehead atoms. The molecule has 1 rings (SSSR count). The predicted octanol–water partition coefficient (Wildman–Crippen LogP) is 1.46. The Bertz CT molecular complexity index is 373. The smallest absolute Gasteiger partial charge is 0.154 e. The average Bonchev–Trinajstić information content (AvgIpc) is 2.22. The largest absolute Gasteiger partial charge is 0.321 e. The van der Waals surface area contributed by atoms with Crippen molar-refractivity contribution in [3.63, 3.8) is 0 Å². The van der Waals surface area contributed by atoms with E-state index in [9.17, 15) is 4.79 Å². The Balaban J connectivity index is 2.59. The van der Waals surface area contributed by atoms with E-state index in [2.05, 4.69) is 5.92 Å². The Hall–Kier alpha value is -1.59. The molecule has 0 aliphatic carbocycles. The summed E-state index contributed by atoms with van der Waals surface area (Å²) in [6.07, 6.45) is 5.77. The molecule has 0 spiro atoms. The molecule has 0 fully saturated rings. The third-order valence-corrected chi connectivity index (χ3v) is 2.25. The van der Waals surface area contributed by atoms with Crippen molar-refractivity contribution in [2.45, 2.75) is 25.8 Å². The molecule has 2 heteroatoms. The maximum atomic E-state index is 11.6. The van der Waals surface area contributed by atoms with Crippen molar-refractivity contribution >= 4 is 5.78 Å². The van der Waals surface area contributed by atoms with E-state index >= 15 is 0 Å². The number of terminal acetylenes is 1. The first kappa shape index (κ1) is 11.5. The summed E-state index contributed by atoms with van der Waals surface area (Å²) < 4.78 is 0. The van der Waals surface area contributed by atoms with Crippen molar-refractivity contribution in [1.29, 1.82) is 0 Å². The van der Waals surface area contributed by atoms with Gasteiger partial charge in [-0.05, 0) is 12.5 Å². The first-order chi connectivity index (χ1) is 7.13. The third kappa shape index (κ3) is 3.57. The molecule has 2 N–H and O–H groups in total. The van der Waals surface area contributed by atoms with Gasteiger partial charge in [-0.3, -0.25) is 4.79 Å². The fourth-order valence-corrected chi connectivity index (χ4v) is 1.28. The molecule has 78 valence electrons. The van der Waals surface area contributed by atoms with Gasteiger partial charge in [0.05, 0.1) is 6.04 Å². The maximum Gasteiger partial charge on any atom is 0.154 e. The van der Waals surface area contributed by atoms with E-state index in [-0.39, 0.29) is 5.78 Å². The number of benzene rings is 1. The minimum absolute atomic E-state index is 0.00296. The summed E-state index contributed by atoms with van der Waals surface area (Å²) in [5.74, 6) is 2.39. The molecule has 0 aromatic heterocycles. The minimum Gasteiger partial charge on any atom is -0.321 e. The minimum atomic E-state index is -0.531. The summed E-state index contributed by atoms with van der Waals surface area (Å²) in [7, 11) is 0. The summed E-state index contributed by atoms with van der Waals surface area (Å²) >= 11 is 0. The lowest BCUT2D eigenvalue weighted by Crippen LogP contribution is -2.31. The molecule has 0 amide bonds. The molecule has 1 atom stereocenters. The molecule has 0 saturated heterocycles. The van der Waals surface area contributed by atoms with Crippen molar-refractivity contribution in [3.8, 4) is 12.3 Å². The maximum absolute atomic E-state index is 11.6. The molecule has 0 radical (unpaired) electrons. The van der Waals surface area contributed by atoms with E-state index in [0.717, 1.165) is 5.56 Å². The molecule has 1 unspecified atom stereocenters. The van der Waals surface area contributed by atoms with Gasteiger partial charge in [-0.15, -0.1) is 12.3 Å². The second-order valence-electron chi connectivity index (χ2n) is 3.64. The number of hydrogen-bond donors (Lipinski definition) is 1. The molecule has 1 aromatic carbocycles. The molecular formula is C13H15NO. The summed E-state index contributed by atoms with van der Waals surface area (Å²) in [5.41, 5.74) is 7.78. The summed E-state index contributed by atoms with van der Waals surface area (Å²) in [6, 6.07) is 7.31. The average molecular weight is 201 g/mol. The van der Waals surface area contributed by atoms with Crippen LogP contribution >= 0.6 is 0 Å². The molecule has 15 heavy (non-hydrogen) atoms. The molecule has 2 nitrogen and oxygen atoms in total. The lowest BCUT2D eigenvalue weighted by atomic mass is 10.0. The number of carbonyl (C=O) groups excluding carboxylic acids is 1. The van der Waals surface area contributed by atoms with Gasteiger partial charge in [0, 0.05) is 12.8 Å². The van der Waals surface area contributed by atoms with Crippen molar-refractivity contribution in [3.05, 3.63) is 35.4 Å². The molecule has 0 aliphatic rings. The zero-order valence-corrected chi connectivity index (χ0v) is 8.86. The molecule has 1 aromatic rings. The van der Waals surface area contributed by atoms with Gasteiger partial charge >= 0.3 is 0 Å². The van der Waals surface area contributed by atoms with Crippen molar-refractivity contribution < 1.29 is 4.79 Å². The lowest BCUT2D eigenvalue weighted by Gasteiger charge is -2.06. The number of Topliss-reactive ketones (excluding diaryl/α,β-unsaturated/α-hetero) is 1. The van der Waals surface area contributed by atoms with Gasteiger partial charge in [-0.1, -0.05) is 29.8 Å².